The normalized spacial score (nSPS) is 26.5. The van der Waals surface area contributed by atoms with Gasteiger partial charge < -0.3 is 14.7 Å². The summed E-state index contributed by atoms with van der Waals surface area (Å²) >= 11 is 1.50. The summed E-state index contributed by atoms with van der Waals surface area (Å²) in [6.07, 6.45) is 0. The van der Waals surface area contributed by atoms with E-state index >= 15 is 0 Å². The molecule has 0 aromatic carbocycles. The monoisotopic (exact) mass is 325 g/mol. The van der Waals surface area contributed by atoms with Gasteiger partial charge in [-0.25, -0.2) is 4.98 Å². The lowest BCUT2D eigenvalue weighted by atomic mass is 9.96. The highest BCUT2D eigenvalue weighted by atomic mass is 32.1. The summed E-state index contributed by atoms with van der Waals surface area (Å²) < 4.78 is 5.38. The smallest absolute Gasteiger partial charge is 0.273 e. The van der Waals surface area contributed by atoms with Crippen molar-refractivity contribution in [2.24, 2.45) is 11.8 Å². The molecular formula is C15H23N3O3S. The zero-order chi connectivity index (χ0) is 15.5. The molecule has 122 valence electrons. The molecule has 3 rings (SSSR count). The van der Waals surface area contributed by atoms with Crippen molar-refractivity contribution in [3.05, 3.63) is 16.1 Å². The average Bonchev–Trinajstić information content (AvgIpc) is 3.14. The van der Waals surface area contributed by atoms with Gasteiger partial charge in [0.1, 0.15) is 5.69 Å². The summed E-state index contributed by atoms with van der Waals surface area (Å²) in [5, 5.41) is 9.66. The van der Waals surface area contributed by atoms with Gasteiger partial charge in [0.05, 0.1) is 18.7 Å². The number of carbonyl (C=O) groups is 1. The Kier molecular flexibility index (Phi) is 5.07. The van der Waals surface area contributed by atoms with Crippen molar-refractivity contribution >= 4 is 17.2 Å². The zero-order valence-electron chi connectivity index (χ0n) is 12.9. The topological polar surface area (TPSA) is 65.9 Å². The van der Waals surface area contributed by atoms with Gasteiger partial charge in [-0.15, -0.1) is 11.3 Å². The van der Waals surface area contributed by atoms with Gasteiger partial charge in [0, 0.05) is 50.1 Å². The van der Waals surface area contributed by atoms with Gasteiger partial charge in [0.25, 0.3) is 5.91 Å². The average molecular weight is 325 g/mol. The molecule has 3 heterocycles. The van der Waals surface area contributed by atoms with Crippen molar-refractivity contribution < 1.29 is 14.6 Å². The molecule has 1 aromatic rings. The highest BCUT2D eigenvalue weighted by Gasteiger charge is 2.37. The Morgan fingerprint density at radius 3 is 2.77 bits per heavy atom. The van der Waals surface area contributed by atoms with E-state index in [-0.39, 0.29) is 18.4 Å². The van der Waals surface area contributed by atoms with E-state index in [9.17, 15) is 9.90 Å². The predicted molar refractivity (Wildman–Crippen MR) is 84.1 cm³/mol. The fraction of sp³-hybridized carbons (Fsp3) is 0.733. The highest BCUT2D eigenvalue weighted by Crippen LogP contribution is 2.26. The first kappa shape index (κ1) is 15.9. The van der Waals surface area contributed by atoms with Crippen molar-refractivity contribution in [3.8, 4) is 0 Å². The van der Waals surface area contributed by atoms with E-state index in [0.29, 0.717) is 24.7 Å². The van der Waals surface area contributed by atoms with Crippen LogP contribution in [0.4, 0.5) is 0 Å². The van der Waals surface area contributed by atoms with Crippen LogP contribution in [-0.2, 0) is 4.74 Å². The maximum absolute atomic E-state index is 12.6. The Morgan fingerprint density at radius 1 is 1.41 bits per heavy atom. The number of aliphatic hydroxyl groups excluding tert-OH is 1. The standard InChI is InChI=1S/C15H23N3O3S/c1-11-14(16-10-22-11)15(20)18-7-12(13(8-18)9-19)6-17-2-4-21-5-3-17/h10,12-13,19H,2-9H2,1H3/t12-,13-/m1/s1. The molecule has 0 saturated carbocycles. The number of aryl methyl sites for hydroxylation is 1. The van der Waals surface area contributed by atoms with Crippen molar-refractivity contribution in [1.82, 2.24) is 14.8 Å². The van der Waals surface area contributed by atoms with E-state index in [4.69, 9.17) is 4.74 Å². The maximum Gasteiger partial charge on any atom is 0.273 e. The number of thiazole rings is 1. The molecule has 2 atom stereocenters. The molecule has 2 aliphatic rings. The Bertz CT molecular complexity index is 516. The lowest BCUT2D eigenvalue weighted by Crippen LogP contribution is -2.41. The van der Waals surface area contributed by atoms with Crippen molar-refractivity contribution in [2.75, 3.05) is 52.5 Å². The van der Waals surface area contributed by atoms with Gasteiger partial charge in [-0.1, -0.05) is 0 Å². The molecule has 1 amide bonds. The molecule has 0 bridgehead atoms. The molecule has 0 unspecified atom stereocenters. The molecule has 6 nitrogen and oxygen atoms in total. The van der Waals surface area contributed by atoms with Gasteiger partial charge in [-0.05, 0) is 12.8 Å². The number of morpholine rings is 1. The first-order valence-corrected chi connectivity index (χ1v) is 8.67. The molecule has 2 aliphatic heterocycles. The Labute approximate surface area is 134 Å². The van der Waals surface area contributed by atoms with Crippen LogP contribution in [0.2, 0.25) is 0 Å². The minimum absolute atomic E-state index is 0.00155. The third-order valence-electron chi connectivity index (χ3n) is 4.64. The molecule has 7 heteroatoms. The summed E-state index contributed by atoms with van der Waals surface area (Å²) in [6, 6.07) is 0. The summed E-state index contributed by atoms with van der Waals surface area (Å²) in [6.45, 7) is 7.74. The summed E-state index contributed by atoms with van der Waals surface area (Å²) in [4.78, 5) is 22.0. The van der Waals surface area contributed by atoms with Crippen LogP contribution in [0.5, 0.6) is 0 Å². The highest BCUT2D eigenvalue weighted by molar-refractivity contribution is 7.09. The maximum atomic E-state index is 12.6. The Balaban J connectivity index is 1.63. The number of amides is 1. The van der Waals surface area contributed by atoms with Crippen LogP contribution in [-0.4, -0.2) is 78.3 Å². The fourth-order valence-corrected chi connectivity index (χ4v) is 3.86. The minimum atomic E-state index is 0.00155. The Morgan fingerprint density at radius 2 is 2.14 bits per heavy atom. The van der Waals surface area contributed by atoms with Crippen molar-refractivity contribution in [3.63, 3.8) is 0 Å². The molecule has 22 heavy (non-hydrogen) atoms. The number of nitrogens with zero attached hydrogens (tertiary/aromatic N) is 3. The van der Waals surface area contributed by atoms with Gasteiger partial charge in [0.2, 0.25) is 0 Å². The van der Waals surface area contributed by atoms with Gasteiger partial charge in [-0.3, -0.25) is 9.69 Å². The van der Waals surface area contributed by atoms with Crippen LogP contribution in [0, 0.1) is 18.8 Å². The quantitative estimate of drug-likeness (QED) is 0.871. The molecule has 1 aromatic heterocycles. The van der Waals surface area contributed by atoms with Gasteiger partial charge in [0.15, 0.2) is 0 Å². The lowest BCUT2D eigenvalue weighted by molar-refractivity contribution is 0.0264. The molecule has 0 radical (unpaired) electrons. The van der Waals surface area contributed by atoms with Gasteiger partial charge in [-0.2, -0.15) is 0 Å². The molecule has 2 saturated heterocycles. The van der Waals surface area contributed by atoms with Crippen LogP contribution in [0.15, 0.2) is 5.51 Å². The second kappa shape index (κ2) is 7.04. The minimum Gasteiger partial charge on any atom is -0.396 e. The second-order valence-electron chi connectivity index (χ2n) is 6.08. The third-order valence-corrected chi connectivity index (χ3v) is 5.40. The summed E-state index contributed by atoms with van der Waals surface area (Å²) in [5.74, 6) is 0.485. The SMILES string of the molecule is Cc1scnc1C(=O)N1C[C@@H](CN2CCOCC2)[C@@H](CO)C1. The first-order valence-electron chi connectivity index (χ1n) is 7.79. The zero-order valence-corrected chi connectivity index (χ0v) is 13.7. The second-order valence-corrected chi connectivity index (χ2v) is 7.14. The van der Waals surface area contributed by atoms with E-state index in [1.54, 1.807) is 5.51 Å². The largest absolute Gasteiger partial charge is 0.396 e. The van der Waals surface area contributed by atoms with Crippen molar-refractivity contribution in [2.45, 2.75) is 6.92 Å². The first-order chi connectivity index (χ1) is 10.7. The number of hydrogen-bond acceptors (Lipinski definition) is 6. The van der Waals surface area contributed by atoms with E-state index in [0.717, 1.165) is 37.7 Å². The number of ether oxygens (including phenoxy) is 1. The fourth-order valence-electron chi connectivity index (χ4n) is 3.29. The van der Waals surface area contributed by atoms with E-state index < -0.39 is 0 Å². The van der Waals surface area contributed by atoms with Gasteiger partial charge >= 0.3 is 0 Å². The van der Waals surface area contributed by atoms with Crippen LogP contribution in [0.1, 0.15) is 15.4 Å². The molecule has 0 aliphatic carbocycles. The van der Waals surface area contributed by atoms with E-state index in [2.05, 4.69) is 9.88 Å². The van der Waals surface area contributed by atoms with Crippen LogP contribution >= 0.6 is 11.3 Å². The number of aromatic nitrogens is 1. The molecule has 1 N–H and O–H groups in total. The van der Waals surface area contributed by atoms with E-state index in [1.807, 2.05) is 11.8 Å². The third kappa shape index (κ3) is 3.32. The van der Waals surface area contributed by atoms with E-state index in [1.165, 1.54) is 11.3 Å². The lowest BCUT2D eigenvalue weighted by Gasteiger charge is -2.30. The van der Waals surface area contributed by atoms with Crippen LogP contribution in [0.3, 0.4) is 0 Å². The molecule has 2 fully saturated rings. The van der Waals surface area contributed by atoms with Crippen LogP contribution in [0.25, 0.3) is 0 Å². The predicted octanol–water partition coefficient (Wildman–Crippen LogP) is 0.464. The molecule has 0 spiro atoms. The number of rotatable bonds is 4. The summed E-state index contributed by atoms with van der Waals surface area (Å²) in [7, 11) is 0. The number of carbonyl (C=O) groups excluding carboxylic acids is 1. The number of hydrogen-bond donors (Lipinski definition) is 1. The van der Waals surface area contributed by atoms with Crippen LogP contribution < -0.4 is 0 Å². The molecular weight excluding hydrogens is 302 g/mol. The van der Waals surface area contributed by atoms with Crippen molar-refractivity contribution in [1.29, 1.82) is 0 Å². The number of aliphatic hydroxyl groups is 1. The number of likely N-dealkylation sites (tertiary alicyclic amines) is 1. The summed E-state index contributed by atoms with van der Waals surface area (Å²) in [5.41, 5.74) is 2.28. The Hall–Kier alpha value is -1.02.